The molecule has 2 bridgehead atoms. The largest absolute Gasteiger partial charge is 0.381 e. The normalized spacial score (nSPS) is 55.4. The van der Waals surface area contributed by atoms with E-state index in [2.05, 4.69) is 0 Å². The lowest BCUT2D eigenvalue weighted by Crippen LogP contribution is -2.43. The number of hydrogen-bond acceptors (Lipinski definition) is 2. The van der Waals surface area contributed by atoms with Gasteiger partial charge in [-0.05, 0) is 30.6 Å². The summed E-state index contributed by atoms with van der Waals surface area (Å²) < 4.78 is 5.42. The van der Waals surface area contributed by atoms with E-state index in [4.69, 9.17) is 4.74 Å². The van der Waals surface area contributed by atoms with E-state index in [1.807, 2.05) is 0 Å². The van der Waals surface area contributed by atoms with E-state index in [9.17, 15) is 4.79 Å². The van der Waals surface area contributed by atoms with Gasteiger partial charge in [0.2, 0.25) is 0 Å². The molecule has 4 saturated carbocycles. The average molecular weight is 166 g/mol. The van der Waals surface area contributed by atoms with E-state index >= 15 is 0 Å². The fourth-order valence-electron chi connectivity index (χ4n) is 3.37. The molecule has 0 aromatic heterocycles. The predicted octanol–water partition coefficient (Wildman–Crippen LogP) is 1.25. The van der Waals surface area contributed by atoms with Crippen LogP contribution in [0.4, 0.5) is 0 Å². The molecule has 0 N–H and O–H groups in total. The Morgan fingerprint density at radius 3 is 2.83 bits per heavy atom. The van der Waals surface area contributed by atoms with Crippen LogP contribution in [0.2, 0.25) is 0 Å². The molecule has 4 aliphatic rings. The van der Waals surface area contributed by atoms with Crippen molar-refractivity contribution in [3.05, 3.63) is 0 Å². The Labute approximate surface area is 72.3 Å². The van der Waals surface area contributed by atoms with Crippen LogP contribution in [0, 0.1) is 23.7 Å². The zero-order chi connectivity index (χ0) is 8.29. The van der Waals surface area contributed by atoms with Gasteiger partial charge in [-0.25, -0.2) is 0 Å². The van der Waals surface area contributed by atoms with E-state index in [0.29, 0.717) is 23.7 Å². The van der Waals surface area contributed by atoms with Crippen LogP contribution in [-0.2, 0) is 9.53 Å². The fraction of sp³-hybridized carbons (Fsp3) is 0.900. The summed E-state index contributed by atoms with van der Waals surface area (Å²) in [5.41, 5.74) is 0. The number of carbonyl (C=O) groups excluding carboxylic acids is 1. The third kappa shape index (κ3) is 0.717. The summed E-state index contributed by atoms with van der Waals surface area (Å²) in [6, 6.07) is 0. The third-order valence-corrected chi connectivity index (χ3v) is 4.07. The first-order chi connectivity index (χ1) is 5.81. The SMILES string of the molecule is COC1CC2C(=O)CC1C1CC21. The molecular formula is C10H14O2. The summed E-state index contributed by atoms with van der Waals surface area (Å²) in [6.07, 6.45) is 3.53. The maximum Gasteiger partial charge on any atom is 0.136 e. The minimum absolute atomic E-state index is 0.380. The molecule has 2 nitrogen and oxygen atoms in total. The van der Waals surface area contributed by atoms with Gasteiger partial charge in [-0.15, -0.1) is 0 Å². The zero-order valence-corrected chi connectivity index (χ0v) is 7.32. The molecule has 0 amide bonds. The van der Waals surface area contributed by atoms with Crippen molar-refractivity contribution in [3.63, 3.8) is 0 Å². The molecule has 0 aromatic rings. The number of methoxy groups -OCH3 is 1. The molecule has 4 fully saturated rings. The molecule has 4 aliphatic carbocycles. The highest BCUT2D eigenvalue weighted by Gasteiger charge is 2.60. The smallest absolute Gasteiger partial charge is 0.136 e. The maximum absolute atomic E-state index is 11.5. The van der Waals surface area contributed by atoms with Crippen LogP contribution in [0.15, 0.2) is 0 Å². The monoisotopic (exact) mass is 166 g/mol. The number of carbonyl (C=O) groups is 1. The molecule has 66 valence electrons. The molecule has 0 heterocycles. The molecule has 12 heavy (non-hydrogen) atoms. The molecule has 0 aliphatic heterocycles. The number of ether oxygens (including phenoxy) is 1. The van der Waals surface area contributed by atoms with Crippen molar-refractivity contribution in [2.75, 3.05) is 7.11 Å². The van der Waals surface area contributed by atoms with Crippen LogP contribution in [0.1, 0.15) is 19.3 Å². The van der Waals surface area contributed by atoms with Gasteiger partial charge in [-0.1, -0.05) is 0 Å². The molecule has 0 aromatic carbocycles. The van der Waals surface area contributed by atoms with Crippen LogP contribution in [0.25, 0.3) is 0 Å². The molecule has 2 heteroatoms. The fourth-order valence-corrected chi connectivity index (χ4v) is 3.37. The lowest BCUT2D eigenvalue weighted by Gasteiger charge is -2.39. The summed E-state index contributed by atoms with van der Waals surface area (Å²) in [5, 5.41) is 0. The number of Topliss-reactive ketones (excluding diaryl/α,β-unsaturated/α-hetero) is 1. The van der Waals surface area contributed by atoms with Crippen molar-refractivity contribution in [2.45, 2.75) is 25.4 Å². The average Bonchev–Trinajstić information content (AvgIpc) is 2.84. The molecule has 5 atom stereocenters. The van der Waals surface area contributed by atoms with E-state index in [1.165, 1.54) is 6.42 Å². The molecule has 4 rings (SSSR count). The number of ketones is 1. The van der Waals surface area contributed by atoms with Gasteiger partial charge >= 0.3 is 0 Å². The summed E-state index contributed by atoms with van der Waals surface area (Å²) >= 11 is 0. The van der Waals surface area contributed by atoms with E-state index in [1.54, 1.807) is 7.11 Å². The standard InChI is InChI=1S/C10H14O2/c1-12-10-4-7-5-2-6(5)8(10)3-9(7)11/h5-8,10H,2-4H2,1H3. The van der Waals surface area contributed by atoms with Crippen molar-refractivity contribution in [1.82, 2.24) is 0 Å². The van der Waals surface area contributed by atoms with Crippen molar-refractivity contribution >= 4 is 5.78 Å². The maximum atomic E-state index is 11.5. The van der Waals surface area contributed by atoms with Crippen molar-refractivity contribution < 1.29 is 9.53 Å². The lowest BCUT2D eigenvalue weighted by molar-refractivity contribution is -0.137. The Morgan fingerprint density at radius 1 is 1.25 bits per heavy atom. The summed E-state index contributed by atoms with van der Waals surface area (Å²) in [7, 11) is 1.78. The highest BCUT2D eigenvalue weighted by atomic mass is 16.5. The Bertz CT molecular complexity index is 236. The topological polar surface area (TPSA) is 26.3 Å². The minimum Gasteiger partial charge on any atom is -0.381 e. The van der Waals surface area contributed by atoms with Gasteiger partial charge in [0.25, 0.3) is 0 Å². The van der Waals surface area contributed by atoms with E-state index in [0.717, 1.165) is 24.7 Å². The van der Waals surface area contributed by atoms with Crippen LogP contribution in [-0.4, -0.2) is 19.0 Å². The Balaban J connectivity index is 1.90. The lowest BCUT2D eigenvalue weighted by atomic mass is 9.68. The van der Waals surface area contributed by atoms with E-state index < -0.39 is 0 Å². The zero-order valence-electron chi connectivity index (χ0n) is 7.32. The van der Waals surface area contributed by atoms with Crippen molar-refractivity contribution in [2.24, 2.45) is 23.7 Å². The second kappa shape index (κ2) is 2.11. The summed E-state index contributed by atoms with van der Waals surface area (Å²) in [4.78, 5) is 11.5. The van der Waals surface area contributed by atoms with Gasteiger partial charge in [0.05, 0.1) is 6.10 Å². The van der Waals surface area contributed by atoms with Crippen LogP contribution in [0.3, 0.4) is 0 Å². The van der Waals surface area contributed by atoms with Crippen LogP contribution >= 0.6 is 0 Å². The van der Waals surface area contributed by atoms with E-state index in [-0.39, 0.29) is 0 Å². The molecule has 0 spiro atoms. The van der Waals surface area contributed by atoms with Gasteiger partial charge < -0.3 is 4.74 Å². The van der Waals surface area contributed by atoms with Gasteiger partial charge in [0.15, 0.2) is 0 Å². The highest BCUT2D eigenvalue weighted by Crippen LogP contribution is 2.61. The Morgan fingerprint density at radius 2 is 2.08 bits per heavy atom. The second-order valence-corrected chi connectivity index (χ2v) is 4.51. The molecular weight excluding hydrogens is 152 g/mol. The number of hydrogen-bond donors (Lipinski definition) is 0. The Hall–Kier alpha value is -0.370. The van der Waals surface area contributed by atoms with Gasteiger partial charge in [0, 0.05) is 19.4 Å². The van der Waals surface area contributed by atoms with Crippen LogP contribution < -0.4 is 0 Å². The molecule has 5 unspecified atom stereocenters. The first-order valence-corrected chi connectivity index (χ1v) is 4.86. The first-order valence-electron chi connectivity index (χ1n) is 4.86. The quantitative estimate of drug-likeness (QED) is 0.586. The minimum atomic E-state index is 0.380. The number of rotatable bonds is 1. The summed E-state index contributed by atoms with van der Waals surface area (Å²) in [5.74, 6) is 3.10. The highest BCUT2D eigenvalue weighted by molar-refractivity contribution is 5.84. The third-order valence-electron chi connectivity index (χ3n) is 4.07. The number of fused-ring (bicyclic) bond motifs is 2. The summed E-state index contributed by atoms with van der Waals surface area (Å²) in [6.45, 7) is 0. The second-order valence-electron chi connectivity index (χ2n) is 4.51. The van der Waals surface area contributed by atoms with Crippen molar-refractivity contribution in [1.29, 1.82) is 0 Å². The predicted molar refractivity (Wildman–Crippen MR) is 43.6 cm³/mol. The molecule has 0 saturated heterocycles. The van der Waals surface area contributed by atoms with Gasteiger partial charge in [0.1, 0.15) is 5.78 Å². The Kier molecular flexibility index (Phi) is 1.24. The molecule has 0 radical (unpaired) electrons. The van der Waals surface area contributed by atoms with Gasteiger partial charge in [-0.2, -0.15) is 0 Å². The van der Waals surface area contributed by atoms with Crippen LogP contribution in [0.5, 0.6) is 0 Å². The first kappa shape index (κ1) is 7.07. The van der Waals surface area contributed by atoms with Gasteiger partial charge in [-0.3, -0.25) is 4.79 Å². The van der Waals surface area contributed by atoms with Crippen molar-refractivity contribution in [3.8, 4) is 0 Å².